The van der Waals surface area contributed by atoms with Gasteiger partial charge in [-0.25, -0.2) is 0 Å². The zero-order valence-electron chi connectivity index (χ0n) is 15.0. The molecule has 0 amide bonds. The quantitative estimate of drug-likeness (QED) is 0.486. The Morgan fingerprint density at radius 1 is 0.609 bits per heavy atom. The second-order valence-electron chi connectivity index (χ2n) is 7.64. The molecule has 3 aliphatic rings. The summed E-state index contributed by atoms with van der Waals surface area (Å²) in [6.45, 7) is 4.44. The average molecular weight is 343 g/mol. The summed E-state index contributed by atoms with van der Waals surface area (Å²) >= 11 is 0. The molecule has 0 N–H and O–H groups in total. The van der Waals surface area contributed by atoms with E-state index in [4.69, 9.17) is 18.6 Å². The lowest BCUT2D eigenvalue weighted by atomic mass is 10.1. The van der Waals surface area contributed by atoms with Crippen molar-refractivity contribution in [3.63, 3.8) is 0 Å². The third-order valence-corrected chi connectivity index (χ3v) is 9.54. The third-order valence-electron chi connectivity index (χ3n) is 5.90. The van der Waals surface area contributed by atoms with E-state index in [0.29, 0.717) is 0 Å². The Labute approximate surface area is 142 Å². The summed E-state index contributed by atoms with van der Waals surface area (Å²) in [6.07, 6.45) is 13.5. The van der Waals surface area contributed by atoms with E-state index in [1.807, 2.05) is 0 Å². The van der Waals surface area contributed by atoms with Crippen LogP contribution in [0.15, 0.2) is 0 Å². The minimum Gasteiger partial charge on any atom is -0.363 e. The maximum absolute atomic E-state index is 6.74. The fraction of sp³-hybridized carbons (Fsp3) is 1.00. The van der Waals surface area contributed by atoms with Gasteiger partial charge in [0, 0.05) is 25.7 Å². The van der Waals surface area contributed by atoms with Gasteiger partial charge in [-0.1, -0.05) is 39.5 Å². The molecular weight excluding hydrogens is 308 g/mol. The van der Waals surface area contributed by atoms with Crippen molar-refractivity contribution < 1.29 is 18.6 Å². The Kier molecular flexibility index (Phi) is 5.84. The van der Waals surface area contributed by atoms with Gasteiger partial charge in [-0.2, -0.15) is 9.78 Å². The van der Waals surface area contributed by atoms with Crippen LogP contribution in [0.1, 0.15) is 90.9 Å². The van der Waals surface area contributed by atoms with Gasteiger partial charge in [0.05, 0.1) is 0 Å². The van der Waals surface area contributed by atoms with Gasteiger partial charge < -0.3 is 8.85 Å². The average Bonchev–Trinajstić information content (AvgIpc) is 2.99. The maximum atomic E-state index is 6.74. The molecule has 0 atom stereocenters. The number of hydrogen-bond donors (Lipinski definition) is 0. The van der Waals surface area contributed by atoms with Crippen molar-refractivity contribution in [2.45, 2.75) is 115 Å². The minimum absolute atomic E-state index is 0.551. The fourth-order valence-electron chi connectivity index (χ4n) is 4.33. The van der Waals surface area contributed by atoms with Crippen LogP contribution in [0.2, 0.25) is 12.1 Å². The summed E-state index contributed by atoms with van der Waals surface area (Å²) in [5.74, 6) is -1.10. The van der Waals surface area contributed by atoms with Gasteiger partial charge in [-0.15, -0.1) is 0 Å². The molecule has 2 aliphatic carbocycles. The molecule has 134 valence electrons. The van der Waals surface area contributed by atoms with Crippen LogP contribution in [0.5, 0.6) is 0 Å². The van der Waals surface area contributed by atoms with Gasteiger partial charge in [0.2, 0.25) is 0 Å². The summed E-state index contributed by atoms with van der Waals surface area (Å²) in [6, 6.07) is 1.94. The first-order valence-corrected chi connectivity index (χ1v) is 12.2. The lowest BCUT2D eigenvalue weighted by molar-refractivity contribution is -0.471. The third kappa shape index (κ3) is 4.01. The van der Waals surface area contributed by atoms with Crippen LogP contribution in [-0.4, -0.2) is 20.1 Å². The van der Waals surface area contributed by atoms with Crippen LogP contribution < -0.4 is 0 Å². The molecule has 0 aromatic rings. The van der Waals surface area contributed by atoms with Crippen molar-refractivity contribution in [3.8, 4) is 0 Å². The molecule has 0 aromatic heterocycles. The van der Waals surface area contributed by atoms with E-state index in [1.165, 1.54) is 25.7 Å². The molecule has 1 saturated heterocycles. The largest absolute Gasteiger partial charge is 0.363 e. The molecule has 23 heavy (non-hydrogen) atoms. The highest BCUT2D eigenvalue weighted by atomic mass is 28.4. The summed E-state index contributed by atoms with van der Waals surface area (Å²) in [4.78, 5) is 12.2. The molecule has 0 bridgehead atoms. The van der Waals surface area contributed by atoms with Gasteiger partial charge >= 0.3 is 8.56 Å². The second-order valence-corrected chi connectivity index (χ2v) is 11.3. The van der Waals surface area contributed by atoms with E-state index in [-0.39, 0.29) is 0 Å². The highest BCUT2D eigenvalue weighted by Gasteiger charge is 2.54. The highest BCUT2D eigenvalue weighted by Crippen LogP contribution is 2.45. The summed E-state index contributed by atoms with van der Waals surface area (Å²) in [5.41, 5.74) is 0. The first kappa shape index (κ1) is 17.9. The molecular formula is C18H34O4Si. The van der Waals surface area contributed by atoms with E-state index in [9.17, 15) is 0 Å². The van der Waals surface area contributed by atoms with Gasteiger partial charge in [0.1, 0.15) is 0 Å². The number of hydrogen-bond acceptors (Lipinski definition) is 4. The first-order valence-electron chi connectivity index (χ1n) is 9.93. The van der Waals surface area contributed by atoms with Crippen molar-refractivity contribution >= 4 is 8.56 Å². The fourth-order valence-corrected chi connectivity index (χ4v) is 7.28. The molecule has 4 nitrogen and oxygen atoms in total. The number of rotatable bonds is 2. The van der Waals surface area contributed by atoms with Crippen molar-refractivity contribution in [2.24, 2.45) is 0 Å². The Balaban J connectivity index is 1.87. The first-order chi connectivity index (χ1) is 11.2. The zero-order valence-corrected chi connectivity index (χ0v) is 16.0. The van der Waals surface area contributed by atoms with Crippen molar-refractivity contribution in [1.82, 2.24) is 0 Å². The normalized spacial score (nSPS) is 30.5. The van der Waals surface area contributed by atoms with Crippen LogP contribution in [0.25, 0.3) is 0 Å². The highest BCUT2D eigenvalue weighted by molar-refractivity contribution is 6.67. The van der Waals surface area contributed by atoms with Gasteiger partial charge in [-0.3, -0.25) is 0 Å². The Morgan fingerprint density at radius 2 is 0.957 bits per heavy atom. The van der Waals surface area contributed by atoms with E-state index < -0.39 is 20.1 Å². The van der Waals surface area contributed by atoms with Crippen LogP contribution in [0, 0.1) is 0 Å². The molecule has 2 saturated carbocycles. The Hall–Kier alpha value is 0.0569. The van der Waals surface area contributed by atoms with E-state index in [0.717, 1.165) is 63.5 Å². The molecule has 3 rings (SSSR count). The van der Waals surface area contributed by atoms with Crippen molar-refractivity contribution in [3.05, 3.63) is 0 Å². The molecule has 2 spiro atoms. The molecule has 1 heterocycles. The topological polar surface area (TPSA) is 36.9 Å². The molecule has 0 aromatic carbocycles. The van der Waals surface area contributed by atoms with Crippen LogP contribution in [0.4, 0.5) is 0 Å². The van der Waals surface area contributed by atoms with Gasteiger partial charge in [-0.05, 0) is 37.8 Å². The van der Waals surface area contributed by atoms with Crippen LogP contribution in [-0.2, 0) is 18.6 Å². The minimum atomic E-state index is -2.30. The lowest BCUT2D eigenvalue weighted by Gasteiger charge is -2.38. The predicted octanol–water partition coefficient (Wildman–Crippen LogP) is 5.56. The van der Waals surface area contributed by atoms with E-state index in [1.54, 1.807) is 0 Å². The Bertz CT molecular complexity index is 335. The summed E-state index contributed by atoms with van der Waals surface area (Å²) in [5, 5.41) is 0. The summed E-state index contributed by atoms with van der Waals surface area (Å²) in [7, 11) is -2.30. The SMILES string of the molecule is CC[Si]1(CC)OC2(CCCCCC2)OOC2(CCCCCC2)O1. The van der Waals surface area contributed by atoms with Crippen LogP contribution in [0.3, 0.4) is 0 Å². The standard InChI is InChI=1S/C18H34O4Si/c1-3-23(4-2)21-17(13-9-5-6-10-14-17)19-20-18(22-23)15-11-7-8-12-16-18/h3-16H2,1-2H3. The van der Waals surface area contributed by atoms with Crippen molar-refractivity contribution in [1.29, 1.82) is 0 Å². The van der Waals surface area contributed by atoms with E-state index in [2.05, 4.69) is 13.8 Å². The van der Waals surface area contributed by atoms with Gasteiger partial charge in [0.15, 0.2) is 11.6 Å². The lowest BCUT2D eigenvalue weighted by Crippen LogP contribution is -2.51. The molecule has 5 heteroatoms. The zero-order chi connectivity index (χ0) is 16.2. The molecule has 1 aliphatic heterocycles. The molecule has 3 fully saturated rings. The van der Waals surface area contributed by atoms with Crippen LogP contribution >= 0.6 is 0 Å². The Morgan fingerprint density at radius 3 is 1.26 bits per heavy atom. The molecule has 0 radical (unpaired) electrons. The molecule has 0 unspecified atom stereocenters. The van der Waals surface area contributed by atoms with Crippen molar-refractivity contribution in [2.75, 3.05) is 0 Å². The smallest absolute Gasteiger partial charge is 0.342 e. The predicted molar refractivity (Wildman–Crippen MR) is 91.9 cm³/mol. The monoisotopic (exact) mass is 342 g/mol. The second kappa shape index (κ2) is 7.52. The maximum Gasteiger partial charge on any atom is 0.342 e. The summed E-state index contributed by atoms with van der Waals surface area (Å²) < 4.78 is 13.5. The van der Waals surface area contributed by atoms with Gasteiger partial charge in [0.25, 0.3) is 0 Å². The van der Waals surface area contributed by atoms with E-state index >= 15 is 0 Å².